The lowest BCUT2D eigenvalue weighted by Crippen LogP contribution is -2.40. The number of nitrogens with one attached hydrogen (secondary N) is 2. The summed E-state index contributed by atoms with van der Waals surface area (Å²) in [6.45, 7) is 7.24. The van der Waals surface area contributed by atoms with Crippen molar-refractivity contribution in [2.24, 2.45) is 0 Å². The first-order valence-corrected chi connectivity index (χ1v) is 11.5. The highest BCUT2D eigenvalue weighted by molar-refractivity contribution is 5.86. The number of unbranched alkanes of at least 4 members (excludes halogenated alkanes) is 11. The Kier molecular flexibility index (Phi) is 16.3. The molecule has 0 unspecified atom stereocenters. The first-order chi connectivity index (χ1) is 13.7. The van der Waals surface area contributed by atoms with Gasteiger partial charge in [-0.1, -0.05) is 77.6 Å². The van der Waals surface area contributed by atoms with Gasteiger partial charge in [-0.15, -0.1) is 0 Å². The molecule has 2 amide bonds. The molecule has 2 N–H and O–H groups in total. The summed E-state index contributed by atoms with van der Waals surface area (Å²) in [5.41, 5.74) is -0.579. The Morgan fingerprint density at radius 2 is 1.10 bits per heavy atom. The molecule has 0 saturated carbocycles. The van der Waals surface area contributed by atoms with Crippen molar-refractivity contribution in [2.75, 3.05) is 13.1 Å². The minimum Gasteiger partial charge on any atom is -0.459 e. The fraction of sp³-hybridized carbons (Fsp3) is 0.870. The predicted molar refractivity (Wildman–Crippen MR) is 118 cm³/mol. The number of rotatable bonds is 17. The van der Waals surface area contributed by atoms with Crippen LogP contribution >= 0.6 is 0 Å². The molecule has 0 aromatic rings. The van der Waals surface area contributed by atoms with Gasteiger partial charge in [0.05, 0.1) is 6.54 Å². The van der Waals surface area contributed by atoms with Gasteiger partial charge >= 0.3 is 5.97 Å². The van der Waals surface area contributed by atoms with Crippen molar-refractivity contribution >= 4 is 17.8 Å². The standard InChI is InChI=1S/C23H44N2O4/c1-5-6-7-8-9-10-11-12-13-14-15-16-17-20(26)24-18-21(27)25-19-22(28)29-23(2,3)4/h5-19H2,1-4H3,(H,24,26)(H,25,27). The van der Waals surface area contributed by atoms with E-state index in [2.05, 4.69) is 17.6 Å². The largest absolute Gasteiger partial charge is 0.459 e. The summed E-state index contributed by atoms with van der Waals surface area (Å²) in [5.74, 6) is -1.00. The smallest absolute Gasteiger partial charge is 0.325 e. The van der Waals surface area contributed by atoms with E-state index >= 15 is 0 Å². The van der Waals surface area contributed by atoms with Crippen molar-refractivity contribution in [3.63, 3.8) is 0 Å². The molecule has 0 bridgehead atoms. The summed E-state index contributed by atoms with van der Waals surface area (Å²) in [6.07, 6.45) is 15.5. The Balaban J connectivity index is 3.47. The molecule has 0 fully saturated rings. The molecule has 170 valence electrons. The summed E-state index contributed by atoms with van der Waals surface area (Å²) in [4.78, 5) is 34.9. The highest BCUT2D eigenvalue weighted by atomic mass is 16.6. The van der Waals surface area contributed by atoms with E-state index in [1.807, 2.05) is 0 Å². The maximum absolute atomic E-state index is 11.8. The molecule has 0 aliphatic heterocycles. The molecule has 0 radical (unpaired) electrons. The Morgan fingerprint density at radius 3 is 1.59 bits per heavy atom. The summed E-state index contributed by atoms with van der Waals surface area (Å²) < 4.78 is 5.10. The number of carbonyl (C=O) groups is 3. The molecule has 0 saturated heterocycles. The maximum Gasteiger partial charge on any atom is 0.325 e. The molecule has 0 heterocycles. The minimum absolute atomic E-state index is 0.111. The van der Waals surface area contributed by atoms with Gasteiger partial charge in [0.1, 0.15) is 12.1 Å². The van der Waals surface area contributed by atoms with Crippen LogP contribution in [0.2, 0.25) is 0 Å². The van der Waals surface area contributed by atoms with Crippen LogP contribution in [0.15, 0.2) is 0 Å². The molecule has 0 atom stereocenters. The Morgan fingerprint density at radius 1 is 0.655 bits per heavy atom. The van der Waals surface area contributed by atoms with Crippen molar-refractivity contribution < 1.29 is 19.1 Å². The van der Waals surface area contributed by atoms with E-state index in [0.29, 0.717) is 6.42 Å². The predicted octanol–water partition coefficient (Wildman–Crippen LogP) is 4.65. The molecule has 29 heavy (non-hydrogen) atoms. The van der Waals surface area contributed by atoms with Crippen molar-refractivity contribution in [3.8, 4) is 0 Å². The van der Waals surface area contributed by atoms with Crippen LogP contribution in [0.25, 0.3) is 0 Å². The quantitative estimate of drug-likeness (QED) is 0.269. The van der Waals surface area contributed by atoms with Crippen molar-refractivity contribution in [1.29, 1.82) is 0 Å². The van der Waals surface area contributed by atoms with Gasteiger partial charge in [-0.3, -0.25) is 14.4 Å². The zero-order valence-corrected chi connectivity index (χ0v) is 19.2. The van der Waals surface area contributed by atoms with Crippen LogP contribution in [0, 0.1) is 0 Å². The third-order valence-electron chi connectivity index (χ3n) is 4.55. The van der Waals surface area contributed by atoms with E-state index in [-0.39, 0.29) is 24.9 Å². The molecule has 6 nitrogen and oxygen atoms in total. The third kappa shape index (κ3) is 20.9. The first kappa shape index (κ1) is 27.4. The van der Waals surface area contributed by atoms with Crippen LogP contribution in [0.5, 0.6) is 0 Å². The van der Waals surface area contributed by atoms with Gasteiger partial charge < -0.3 is 15.4 Å². The van der Waals surface area contributed by atoms with Gasteiger partial charge in [0.2, 0.25) is 11.8 Å². The van der Waals surface area contributed by atoms with Gasteiger partial charge in [0.15, 0.2) is 0 Å². The second-order valence-electron chi connectivity index (χ2n) is 8.78. The van der Waals surface area contributed by atoms with E-state index in [1.165, 1.54) is 64.2 Å². The number of esters is 1. The fourth-order valence-corrected chi connectivity index (χ4v) is 3.00. The number of hydrogen-bond acceptors (Lipinski definition) is 4. The van der Waals surface area contributed by atoms with Crippen LogP contribution in [-0.4, -0.2) is 36.5 Å². The van der Waals surface area contributed by atoms with E-state index in [9.17, 15) is 14.4 Å². The van der Waals surface area contributed by atoms with Gasteiger partial charge in [0.25, 0.3) is 0 Å². The second kappa shape index (κ2) is 17.3. The van der Waals surface area contributed by atoms with Crippen molar-refractivity contribution in [2.45, 2.75) is 117 Å². The number of amides is 2. The molecular formula is C23H44N2O4. The summed E-state index contributed by atoms with van der Waals surface area (Å²) in [6, 6.07) is 0. The lowest BCUT2D eigenvalue weighted by Gasteiger charge is -2.19. The van der Waals surface area contributed by atoms with Crippen molar-refractivity contribution in [1.82, 2.24) is 10.6 Å². The average molecular weight is 413 g/mol. The van der Waals surface area contributed by atoms with Crippen molar-refractivity contribution in [3.05, 3.63) is 0 Å². The van der Waals surface area contributed by atoms with Gasteiger partial charge in [-0.2, -0.15) is 0 Å². The average Bonchev–Trinajstić information content (AvgIpc) is 2.64. The highest BCUT2D eigenvalue weighted by Crippen LogP contribution is 2.12. The summed E-state index contributed by atoms with van der Waals surface area (Å²) in [7, 11) is 0. The molecule has 6 heteroatoms. The molecule has 0 rings (SSSR count). The van der Waals surface area contributed by atoms with Gasteiger partial charge in [0, 0.05) is 6.42 Å². The lowest BCUT2D eigenvalue weighted by atomic mass is 10.0. The monoisotopic (exact) mass is 412 g/mol. The Bertz CT molecular complexity index is 458. The summed E-state index contributed by atoms with van der Waals surface area (Å²) >= 11 is 0. The third-order valence-corrected chi connectivity index (χ3v) is 4.55. The van der Waals surface area contributed by atoms with E-state index in [4.69, 9.17) is 4.74 Å². The second-order valence-corrected chi connectivity index (χ2v) is 8.78. The SMILES string of the molecule is CCCCCCCCCCCCCCC(=O)NCC(=O)NCC(=O)OC(C)(C)C. The summed E-state index contributed by atoms with van der Waals surface area (Å²) in [5, 5.41) is 5.04. The van der Waals surface area contributed by atoms with E-state index < -0.39 is 11.6 Å². The minimum atomic E-state index is -0.579. The number of hydrogen-bond donors (Lipinski definition) is 2. The normalized spacial score (nSPS) is 11.2. The van der Waals surface area contributed by atoms with Crippen LogP contribution in [0.3, 0.4) is 0 Å². The first-order valence-electron chi connectivity index (χ1n) is 11.5. The van der Waals surface area contributed by atoms with Crippen LogP contribution in [-0.2, 0) is 19.1 Å². The molecule has 0 spiro atoms. The molecule has 0 aromatic carbocycles. The molecule has 0 aliphatic carbocycles. The van der Waals surface area contributed by atoms with Crippen LogP contribution in [0.1, 0.15) is 111 Å². The highest BCUT2D eigenvalue weighted by Gasteiger charge is 2.16. The number of carbonyl (C=O) groups excluding carboxylic acids is 3. The van der Waals surface area contributed by atoms with Crippen LogP contribution < -0.4 is 10.6 Å². The lowest BCUT2D eigenvalue weighted by molar-refractivity contribution is -0.154. The zero-order valence-electron chi connectivity index (χ0n) is 19.2. The van der Waals surface area contributed by atoms with E-state index in [0.717, 1.165) is 12.8 Å². The van der Waals surface area contributed by atoms with E-state index in [1.54, 1.807) is 20.8 Å². The Hall–Kier alpha value is -1.59. The fourth-order valence-electron chi connectivity index (χ4n) is 3.00. The van der Waals surface area contributed by atoms with Crippen LogP contribution in [0.4, 0.5) is 0 Å². The Labute approximate surface area is 177 Å². The zero-order chi connectivity index (χ0) is 22.0. The molecular weight excluding hydrogens is 368 g/mol. The maximum atomic E-state index is 11.8. The number of ether oxygens (including phenoxy) is 1. The molecule has 0 aromatic heterocycles. The molecule has 0 aliphatic rings. The van der Waals surface area contributed by atoms with Gasteiger partial charge in [-0.25, -0.2) is 0 Å². The van der Waals surface area contributed by atoms with Gasteiger partial charge in [-0.05, 0) is 27.2 Å². The topological polar surface area (TPSA) is 84.5 Å².